The van der Waals surface area contributed by atoms with Crippen molar-refractivity contribution in [3.05, 3.63) is 12.2 Å². The second kappa shape index (κ2) is 47.4. The zero-order chi connectivity index (χ0) is 38.4. The summed E-state index contributed by atoms with van der Waals surface area (Å²) in [6.45, 7) is 7.63. The number of carbonyl (C=O) groups excluding carboxylic acids is 1. The number of unbranched alkanes of at least 4 members (excludes halogenated alkanes) is 37. The number of carbonyl (C=O) groups is 1. The molecule has 316 valence electrons. The van der Waals surface area contributed by atoms with Crippen LogP contribution in [0.4, 0.5) is 0 Å². The molecule has 53 heavy (non-hydrogen) atoms. The summed E-state index contributed by atoms with van der Waals surface area (Å²) in [5.74, 6) is 0.959. The summed E-state index contributed by atoms with van der Waals surface area (Å²) in [5, 5.41) is 0. The molecule has 0 aliphatic rings. The highest BCUT2D eigenvalue weighted by Crippen LogP contribution is 2.18. The topological polar surface area (TPSA) is 26.3 Å². The molecule has 1 atom stereocenters. The van der Waals surface area contributed by atoms with Crippen molar-refractivity contribution in [2.75, 3.05) is 6.61 Å². The molecule has 0 aliphatic carbocycles. The Hall–Kier alpha value is -0.790. The van der Waals surface area contributed by atoms with E-state index in [1.165, 1.54) is 250 Å². The van der Waals surface area contributed by atoms with Crippen molar-refractivity contribution >= 4 is 5.97 Å². The van der Waals surface area contributed by atoms with Crippen LogP contribution in [0.25, 0.3) is 0 Å². The maximum absolute atomic E-state index is 12.0. The lowest BCUT2D eigenvalue weighted by Gasteiger charge is -2.07. The minimum Gasteiger partial charge on any atom is -0.466 e. The van der Waals surface area contributed by atoms with E-state index < -0.39 is 0 Å². The number of rotatable bonds is 46. The fourth-order valence-corrected chi connectivity index (χ4v) is 7.82. The van der Waals surface area contributed by atoms with E-state index in [1.54, 1.807) is 0 Å². The molecule has 2 heteroatoms. The van der Waals surface area contributed by atoms with Crippen molar-refractivity contribution in [3.63, 3.8) is 0 Å². The Morgan fingerprint density at radius 2 is 0.698 bits per heavy atom. The van der Waals surface area contributed by atoms with Crippen LogP contribution in [0, 0.1) is 5.92 Å². The number of esters is 1. The van der Waals surface area contributed by atoms with Gasteiger partial charge in [-0.3, -0.25) is 4.79 Å². The smallest absolute Gasteiger partial charge is 0.305 e. The van der Waals surface area contributed by atoms with Crippen molar-refractivity contribution in [3.8, 4) is 0 Å². The lowest BCUT2D eigenvalue weighted by atomic mass is 9.99. The van der Waals surface area contributed by atoms with Crippen LogP contribution < -0.4 is 0 Å². The maximum atomic E-state index is 12.0. The Labute approximate surface area is 336 Å². The van der Waals surface area contributed by atoms with E-state index in [9.17, 15) is 4.79 Å². The lowest BCUT2D eigenvalue weighted by Crippen LogP contribution is -2.05. The average molecular weight is 745 g/mol. The fraction of sp³-hybridized carbons (Fsp3) is 0.941. The molecule has 0 N–H and O–H groups in total. The van der Waals surface area contributed by atoms with Crippen molar-refractivity contribution < 1.29 is 9.53 Å². The molecular formula is C51H100O2. The minimum atomic E-state index is 0.0200. The second-order valence-electron chi connectivity index (χ2n) is 17.4. The van der Waals surface area contributed by atoms with Crippen LogP contribution in [-0.2, 0) is 9.53 Å². The number of ether oxygens (including phenoxy) is 1. The van der Waals surface area contributed by atoms with Gasteiger partial charge >= 0.3 is 5.97 Å². The van der Waals surface area contributed by atoms with Gasteiger partial charge in [0.05, 0.1) is 6.61 Å². The number of allylic oxidation sites excluding steroid dienone is 2. The first-order valence-corrected chi connectivity index (χ1v) is 25.0. The van der Waals surface area contributed by atoms with E-state index in [2.05, 4.69) is 32.9 Å². The SMILES string of the molecule is CCCCCC/C=C\CCCCCCCC(=O)OCCCCCCCCCCCCCCCCCCCCCCCCCCCCCCCC(C)CC. The summed E-state index contributed by atoms with van der Waals surface area (Å²) in [4.78, 5) is 12.0. The van der Waals surface area contributed by atoms with Crippen LogP contribution in [0.2, 0.25) is 0 Å². The molecule has 0 aromatic carbocycles. The van der Waals surface area contributed by atoms with E-state index in [4.69, 9.17) is 4.74 Å². The summed E-state index contributed by atoms with van der Waals surface area (Å²) in [7, 11) is 0. The third-order valence-electron chi connectivity index (χ3n) is 11.9. The quantitative estimate of drug-likeness (QED) is 0.0352. The Kier molecular flexibility index (Phi) is 46.7. The van der Waals surface area contributed by atoms with Gasteiger partial charge in [0.1, 0.15) is 0 Å². The van der Waals surface area contributed by atoms with Gasteiger partial charge in [0, 0.05) is 6.42 Å². The first-order valence-electron chi connectivity index (χ1n) is 25.0. The fourth-order valence-electron chi connectivity index (χ4n) is 7.82. The monoisotopic (exact) mass is 745 g/mol. The zero-order valence-corrected chi connectivity index (χ0v) is 37.2. The molecule has 0 saturated carbocycles. The second-order valence-corrected chi connectivity index (χ2v) is 17.4. The standard InChI is InChI=1S/C51H100O2/c1-4-6-7-8-9-10-11-29-33-36-39-42-45-48-51(52)53-49-46-43-40-37-34-31-28-26-24-22-20-18-16-14-12-13-15-17-19-21-23-25-27-30-32-35-38-41-44-47-50(3)5-2/h10-11,50H,4-9,12-49H2,1-3H3/b11-10-. The minimum absolute atomic E-state index is 0.0200. The van der Waals surface area contributed by atoms with Crippen LogP contribution in [-0.4, -0.2) is 12.6 Å². The highest BCUT2D eigenvalue weighted by molar-refractivity contribution is 5.69. The van der Waals surface area contributed by atoms with Gasteiger partial charge in [-0.2, -0.15) is 0 Å². The van der Waals surface area contributed by atoms with E-state index in [1.807, 2.05) is 0 Å². The lowest BCUT2D eigenvalue weighted by molar-refractivity contribution is -0.143. The molecule has 0 saturated heterocycles. The van der Waals surface area contributed by atoms with Gasteiger partial charge in [-0.1, -0.05) is 264 Å². The van der Waals surface area contributed by atoms with Crippen LogP contribution in [0.1, 0.15) is 297 Å². The first-order chi connectivity index (χ1) is 26.2. The van der Waals surface area contributed by atoms with Crippen molar-refractivity contribution in [2.24, 2.45) is 5.92 Å². The summed E-state index contributed by atoms with van der Waals surface area (Å²) in [6, 6.07) is 0. The molecule has 0 bridgehead atoms. The largest absolute Gasteiger partial charge is 0.466 e. The predicted octanol–water partition coefficient (Wildman–Crippen LogP) is 18.5. The van der Waals surface area contributed by atoms with E-state index >= 15 is 0 Å². The number of hydrogen-bond donors (Lipinski definition) is 0. The predicted molar refractivity (Wildman–Crippen MR) is 239 cm³/mol. The summed E-state index contributed by atoms with van der Waals surface area (Å²) in [5.41, 5.74) is 0. The van der Waals surface area contributed by atoms with Gasteiger partial charge in [0.25, 0.3) is 0 Å². The summed E-state index contributed by atoms with van der Waals surface area (Å²) in [6.07, 6.45) is 63.5. The molecule has 0 aromatic heterocycles. The molecule has 0 rings (SSSR count). The Morgan fingerprint density at radius 1 is 0.396 bits per heavy atom. The van der Waals surface area contributed by atoms with Gasteiger partial charge < -0.3 is 4.74 Å². The van der Waals surface area contributed by atoms with Crippen molar-refractivity contribution in [1.82, 2.24) is 0 Å². The van der Waals surface area contributed by atoms with Crippen molar-refractivity contribution in [2.45, 2.75) is 297 Å². The van der Waals surface area contributed by atoms with E-state index in [-0.39, 0.29) is 5.97 Å². The van der Waals surface area contributed by atoms with Crippen LogP contribution in [0.15, 0.2) is 12.2 Å². The molecule has 0 amide bonds. The molecular weight excluding hydrogens is 645 g/mol. The summed E-state index contributed by atoms with van der Waals surface area (Å²) < 4.78 is 5.47. The van der Waals surface area contributed by atoms with Crippen LogP contribution in [0.5, 0.6) is 0 Å². The molecule has 0 spiro atoms. The molecule has 1 unspecified atom stereocenters. The maximum Gasteiger partial charge on any atom is 0.305 e. The Balaban J connectivity index is 3.15. The molecule has 0 aliphatic heterocycles. The van der Waals surface area contributed by atoms with Crippen LogP contribution >= 0.6 is 0 Å². The average Bonchev–Trinajstić information content (AvgIpc) is 3.16. The molecule has 0 radical (unpaired) electrons. The Morgan fingerprint density at radius 3 is 1.06 bits per heavy atom. The van der Waals surface area contributed by atoms with Gasteiger partial charge in [0.2, 0.25) is 0 Å². The van der Waals surface area contributed by atoms with Crippen molar-refractivity contribution in [1.29, 1.82) is 0 Å². The van der Waals surface area contributed by atoms with Gasteiger partial charge in [-0.05, 0) is 44.4 Å². The highest BCUT2D eigenvalue weighted by Gasteiger charge is 2.03. The van der Waals surface area contributed by atoms with E-state index in [0.29, 0.717) is 13.0 Å². The van der Waals surface area contributed by atoms with Gasteiger partial charge in [-0.15, -0.1) is 0 Å². The molecule has 2 nitrogen and oxygen atoms in total. The highest BCUT2D eigenvalue weighted by atomic mass is 16.5. The van der Waals surface area contributed by atoms with Gasteiger partial charge in [-0.25, -0.2) is 0 Å². The molecule has 0 aromatic rings. The number of hydrogen-bond acceptors (Lipinski definition) is 2. The van der Waals surface area contributed by atoms with Gasteiger partial charge in [0.15, 0.2) is 0 Å². The normalized spacial score (nSPS) is 12.3. The molecule has 0 heterocycles. The first kappa shape index (κ1) is 52.2. The zero-order valence-electron chi connectivity index (χ0n) is 37.2. The summed E-state index contributed by atoms with van der Waals surface area (Å²) >= 11 is 0. The molecule has 0 fully saturated rings. The van der Waals surface area contributed by atoms with Crippen LogP contribution in [0.3, 0.4) is 0 Å². The third-order valence-corrected chi connectivity index (χ3v) is 11.9. The Bertz CT molecular complexity index is 698. The third kappa shape index (κ3) is 47.3. The van der Waals surface area contributed by atoms with E-state index in [0.717, 1.165) is 25.2 Å².